The van der Waals surface area contributed by atoms with E-state index in [0.29, 0.717) is 12.5 Å². The Bertz CT molecular complexity index is 914. The first-order chi connectivity index (χ1) is 16.3. The van der Waals surface area contributed by atoms with Crippen LogP contribution in [-0.2, 0) is 40.1 Å². The van der Waals surface area contributed by atoms with Gasteiger partial charge in [-0.25, -0.2) is 9.78 Å². The Hall–Kier alpha value is -2.07. The fourth-order valence-corrected chi connectivity index (χ4v) is 6.20. The fraction of sp³-hybridized carbons (Fsp3) is 0.720. The van der Waals surface area contributed by atoms with Gasteiger partial charge >= 0.3 is 5.97 Å². The summed E-state index contributed by atoms with van der Waals surface area (Å²) in [6.07, 6.45) is 5.62. The van der Waals surface area contributed by atoms with E-state index in [0.717, 1.165) is 31.2 Å². The zero-order valence-corrected chi connectivity index (χ0v) is 20.0. The minimum atomic E-state index is -0.875. The molecule has 1 saturated carbocycles. The highest BCUT2D eigenvalue weighted by Gasteiger charge is 2.69. The number of ether oxygens (including phenoxy) is 3. The maximum absolute atomic E-state index is 12.6. The highest BCUT2D eigenvalue weighted by Crippen LogP contribution is 2.60. The number of nitrogens with one attached hydrogen (secondary N) is 1. The predicted octanol–water partition coefficient (Wildman–Crippen LogP) is 3.23. The molecule has 5 heterocycles. The normalized spacial score (nSPS) is 40.7. The molecule has 1 amide bonds. The van der Waals surface area contributed by atoms with Gasteiger partial charge in [0.05, 0.1) is 6.42 Å². The molecule has 8 atom stereocenters. The van der Waals surface area contributed by atoms with E-state index >= 15 is 0 Å². The van der Waals surface area contributed by atoms with Crippen molar-refractivity contribution in [1.29, 1.82) is 0 Å². The van der Waals surface area contributed by atoms with Gasteiger partial charge in [-0.05, 0) is 55.7 Å². The van der Waals surface area contributed by atoms with Crippen LogP contribution in [0.5, 0.6) is 0 Å². The molecule has 9 heteroatoms. The van der Waals surface area contributed by atoms with Crippen molar-refractivity contribution < 1.29 is 33.6 Å². The molecule has 6 rings (SSSR count). The summed E-state index contributed by atoms with van der Waals surface area (Å²) in [5.41, 5.74) is 0.255. The summed E-state index contributed by atoms with van der Waals surface area (Å²) in [4.78, 5) is 40.7. The number of hydrogen-bond acceptors (Lipinski definition) is 8. The second-order valence-electron chi connectivity index (χ2n) is 10.4. The number of rotatable bonds is 6. The van der Waals surface area contributed by atoms with Crippen molar-refractivity contribution in [2.75, 3.05) is 0 Å². The van der Waals surface area contributed by atoms with Crippen molar-refractivity contribution in [3.63, 3.8) is 0 Å². The van der Waals surface area contributed by atoms with E-state index < -0.39 is 29.9 Å². The molecular formula is C25H34N2O7. The summed E-state index contributed by atoms with van der Waals surface area (Å²) in [6.45, 7) is 6.55. The zero-order chi connectivity index (χ0) is 23.9. The Kier molecular flexibility index (Phi) is 6.39. The summed E-state index contributed by atoms with van der Waals surface area (Å²) in [7, 11) is 0. The van der Waals surface area contributed by atoms with Gasteiger partial charge in [0.15, 0.2) is 11.9 Å². The van der Waals surface area contributed by atoms with Gasteiger partial charge in [0, 0.05) is 43.6 Å². The molecule has 2 bridgehead atoms. The second-order valence-corrected chi connectivity index (χ2v) is 10.4. The Morgan fingerprint density at radius 2 is 1.91 bits per heavy atom. The maximum Gasteiger partial charge on any atom is 0.308 e. The number of esters is 1. The average molecular weight is 475 g/mol. The van der Waals surface area contributed by atoms with Gasteiger partial charge in [0.25, 0.3) is 0 Å². The van der Waals surface area contributed by atoms with E-state index in [1.54, 1.807) is 12.4 Å². The van der Waals surface area contributed by atoms with Crippen LogP contribution in [0.1, 0.15) is 64.9 Å². The van der Waals surface area contributed by atoms with Crippen molar-refractivity contribution >= 4 is 11.9 Å². The zero-order valence-electron chi connectivity index (χ0n) is 20.0. The number of fused-ring (bicyclic) bond motifs is 2. The third-order valence-electron chi connectivity index (χ3n) is 8.14. The Balaban J connectivity index is 1.20. The summed E-state index contributed by atoms with van der Waals surface area (Å²) in [5, 5.41) is 2.81. The molecule has 1 spiro atoms. The van der Waals surface area contributed by atoms with E-state index in [4.69, 9.17) is 24.0 Å². The third kappa shape index (κ3) is 4.23. The lowest BCUT2D eigenvalue weighted by Gasteiger charge is -2.59. The molecule has 4 aliphatic heterocycles. The lowest BCUT2D eigenvalue weighted by Crippen LogP contribution is -2.70. The molecule has 0 radical (unpaired) electrons. The number of pyridine rings is 1. The minimum absolute atomic E-state index is 0.0208. The maximum atomic E-state index is 12.6. The minimum Gasteiger partial charge on any atom is -0.435 e. The van der Waals surface area contributed by atoms with Crippen molar-refractivity contribution in [2.45, 2.75) is 89.8 Å². The quantitative estimate of drug-likeness (QED) is 0.495. The molecule has 5 aliphatic rings. The summed E-state index contributed by atoms with van der Waals surface area (Å²) >= 11 is 0. The number of aromatic nitrogens is 1. The van der Waals surface area contributed by atoms with Gasteiger partial charge in [0.2, 0.25) is 18.0 Å². The lowest BCUT2D eigenvalue weighted by atomic mass is 9.58. The molecule has 4 saturated heterocycles. The molecule has 5 fully saturated rings. The number of nitrogens with zero attached hydrogens (tertiary/aromatic N) is 1. The predicted molar refractivity (Wildman–Crippen MR) is 118 cm³/mol. The Morgan fingerprint density at radius 3 is 2.71 bits per heavy atom. The molecule has 34 heavy (non-hydrogen) atoms. The van der Waals surface area contributed by atoms with Crippen molar-refractivity contribution in [3.8, 4) is 0 Å². The second kappa shape index (κ2) is 9.18. The van der Waals surface area contributed by atoms with E-state index in [-0.39, 0.29) is 36.5 Å². The summed E-state index contributed by atoms with van der Waals surface area (Å²) in [6, 6.07) is 3.66. The SMILES string of the molecule is C[C@H]1[C@H](OC(=O)CCC(=O)NCc2ccncc2)O[C@H]2O[C@@]3(C)CC[C@H]4[C@@H](C)CC[C@H]1[C@]24OO3. The van der Waals surface area contributed by atoms with Crippen LogP contribution in [0.2, 0.25) is 0 Å². The van der Waals surface area contributed by atoms with Crippen molar-refractivity contribution in [2.24, 2.45) is 23.7 Å². The van der Waals surface area contributed by atoms with Crippen LogP contribution >= 0.6 is 0 Å². The first kappa shape index (κ1) is 23.7. The summed E-state index contributed by atoms with van der Waals surface area (Å²) in [5.74, 6) is -0.843. The van der Waals surface area contributed by atoms with Crippen LogP contribution in [0, 0.1) is 23.7 Å². The Morgan fingerprint density at radius 1 is 1.12 bits per heavy atom. The van der Waals surface area contributed by atoms with Crippen LogP contribution in [0.25, 0.3) is 0 Å². The van der Waals surface area contributed by atoms with Crippen LogP contribution in [0.15, 0.2) is 24.5 Å². The molecule has 1 aliphatic carbocycles. The van der Waals surface area contributed by atoms with Crippen LogP contribution < -0.4 is 5.32 Å². The standard InChI is InChI=1S/C25H34N2O7/c1-15-4-5-19-16(2)22(31-23-25(19)18(15)8-11-24(3,32-23)33-34-25)30-21(29)7-6-20(28)27-14-17-9-12-26-13-10-17/h9-10,12-13,15-16,18-19,22-23H,4-8,11,14H2,1-3H3,(H,27,28)/t15-,16+,18-,19+,22+,23-,24+,25-/m0/s1. The monoisotopic (exact) mass is 474 g/mol. The van der Waals surface area contributed by atoms with E-state index in [1.807, 2.05) is 26.0 Å². The molecule has 0 unspecified atom stereocenters. The fourth-order valence-electron chi connectivity index (χ4n) is 6.20. The molecule has 186 valence electrons. The number of amides is 1. The third-order valence-corrected chi connectivity index (χ3v) is 8.14. The van der Waals surface area contributed by atoms with Gasteiger partial charge < -0.3 is 19.5 Å². The molecule has 0 aromatic carbocycles. The average Bonchev–Trinajstić information content (AvgIpc) is 3.06. The first-order valence-corrected chi connectivity index (χ1v) is 12.4. The van der Waals surface area contributed by atoms with Crippen molar-refractivity contribution in [3.05, 3.63) is 30.1 Å². The van der Waals surface area contributed by atoms with Gasteiger partial charge in [-0.15, -0.1) is 0 Å². The highest BCUT2D eigenvalue weighted by molar-refractivity contribution is 5.81. The van der Waals surface area contributed by atoms with E-state index in [9.17, 15) is 9.59 Å². The largest absolute Gasteiger partial charge is 0.435 e. The first-order valence-electron chi connectivity index (χ1n) is 12.4. The van der Waals surface area contributed by atoms with Crippen LogP contribution in [-0.4, -0.2) is 40.8 Å². The molecule has 1 aromatic heterocycles. The molecule has 1 aromatic rings. The van der Waals surface area contributed by atoms with Gasteiger partial charge in [-0.2, -0.15) is 0 Å². The van der Waals surface area contributed by atoms with Gasteiger partial charge in [-0.3, -0.25) is 14.6 Å². The molecule has 1 N–H and O–H groups in total. The number of hydrogen-bond donors (Lipinski definition) is 1. The molecular weight excluding hydrogens is 440 g/mol. The molecule has 9 nitrogen and oxygen atoms in total. The highest BCUT2D eigenvalue weighted by atomic mass is 17.3. The van der Waals surface area contributed by atoms with Crippen LogP contribution in [0.3, 0.4) is 0 Å². The van der Waals surface area contributed by atoms with Crippen LogP contribution in [0.4, 0.5) is 0 Å². The number of carbonyl (C=O) groups excluding carboxylic acids is 2. The number of carbonyl (C=O) groups is 2. The van der Waals surface area contributed by atoms with Crippen molar-refractivity contribution in [1.82, 2.24) is 10.3 Å². The van der Waals surface area contributed by atoms with Gasteiger partial charge in [-0.1, -0.05) is 13.8 Å². The lowest BCUT2D eigenvalue weighted by molar-refractivity contribution is -0.576. The van der Waals surface area contributed by atoms with E-state index in [2.05, 4.69) is 17.2 Å². The smallest absolute Gasteiger partial charge is 0.308 e. The topological polar surface area (TPSA) is 105 Å². The van der Waals surface area contributed by atoms with E-state index in [1.165, 1.54) is 0 Å². The van der Waals surface area contributed by atoms with Gasteiger partial charge in [0.1, 0.15) is 0 Å². The Labute approximate surface area is 199 Å². The summed E-state index contributed by atoms with van der Waals surface area (Å²) < 4.78 is 18.3.